The fourth-order valence-corrected chi connectivity index (χ4v) is 5.05. The minimum absolute atomic E-state index is 0.00386. The smallest absolute Gasteiger partial charge is 0.263 e. The summed E-state index contributed by atoms with van der Waals surface area (Å²) in [4.78, 5) is 17.4. The van der Waals surface area contributed by atoms with E-state index < -0.39 is 15.3 Å². The molecule has 0 aliphatic heterocycles. The monoisotopic (exact) mass is 519 g/mol. The van der Waals surface area contributed by atoms with Crippen LogP contribution in [-0.2, 0) is 14.8 Å². The average molecular weight is 520 g/mol. The summed E-state index contributed by atoms with van der Waals surface area (Å²) < 4.78 is 32.3. The molecule has 4 rings (SSSR count). The molecule has 2 aromatic carbocycles. The standard InChI is InChI=1S/C25H21N5O4S2/c1-16-14-23(29-34-16)30-36(32,33)21-11-9-20(10-12-21)27-24(31)17(2)35-25-19(15-26)8-13-22(28-25)18-6-4-3-5-7-18/h3-14,17H,1-2H3,(H,27,31)(H,29,30). The zero-order valence-electron chi connectivity index (χ0n) is 19.3. The molecule has 1 atom stereocenters. The van der Waals surface area contributed by atoms with Crippen molar-refractivity contribution < 1.29 is 17.7 Å². The van der Waals surface area contributed by atoms with E-state index in [9.17, 15) is 18.5 Å². The number of pyridine rings is 1. The Morgan fingerprint density at radius 3 is 2.44 bits per heavy atom. The van der Waals surface area contributed by atoms with E-state index in [1.807, 2.05) is 30.3 Å². The molecule has 0 fully saturated rings. The van der Waals surface area contributed by atoms with Crippen molar-refractivity contribution >= 4 is 39.2 Å². The summed E-state index contributed by atoms with van der Waals surface area (Å²) in [6, 6.07) is 22.3. The zero-order chi connectivity index (χ0) is 25.7. The van der Waals surface area contributed by atoms with Gasteiger partial charge in [-0.05, 0) is 50.2 Å². The van der Waals surface area contributed by atoms with Crippen molar-refractivity contribution in [2.75, 3.05) is 10.0 Å². The van der Waals surface area contributed by atoms with E-state index in [4.69, 9.17) is 4.52 Å². The molecule has 2 heterocycles. The van der Waals surface area contributed by atoms with E-state index in [0.717, 1.165) is 5.56 Å². The number of carbonyl (C=O) groups excluding carboxylic acids is 1. The number of aryl methyl sites for hydroxylation is 1. The Morgan fingerprint density at radius 1 is 1.08 bits per heavy atom. The average Bonchev–Trinajstić information content (AvgIpc) is 3.28. The highest BCUT2D eigenvalue weighted by molar-refractivity contribution is 8.00. The van der Waals surface area contributed by atoms with Gasteiger partial charge in [-0.3, -0.25) is 9.52 Å². The number of sulfonamides is 1. The van der Waals surface area contributed by atoms with Crippen LogP contribution in [0.1, 0.15) is 18.2 Å². The number of nitrogens with one attached hydrogen (secondary N) is 2. The number of anilines is 2. The number of hydrogen-bond acceptors (Lipinski definition) is 8. The highest BCUT2D eigenvalue weighted by atomic mass is 32.2. The molecule has 182 valence electrons. The molecule has 1 amide bonds. The Balaban J connectivity index is 1.43. The lowest BCUT2D eigenvalue weighted by molar-refractivity contribution is -0.115. The molecular weight excluding hydrogens is 498 g/mol. The summed E-state index contributed by atoms with van der Waals surface area (Å²) in [5.74, 6) is 0.238. The molecule has 0 spiro atoms. The number of amides is 1. The molecule has 9 nitrogen and oxygen atoms in total. The van der Waals surface area contributed by atoms with E-state index in [0.29, 0.717) is 27.7 Å². The van der Waals surface area contributed by atoms with Crippen LogP contribution in [0.4, 0.5) is 11.5 Å². The van der Waals surface area contributed by atoms with E-state index in [2.05, 4.69) is 26.2 Å². The van der Waals surface area contributed by atoms with Gasteiger partial charge < -0.3 is 9.84 Å². The van der Waals surface area contributed by atoms with Crippen molar-refractivity contribution in [1.29, 1.82) is 5.26 Å². The maximum atomic E-state index is 12.8. The summed E-state index contributed by atoms with van der Waals surface area (Å²) in [7, 11) is -3.87. The van der Waals surface area contributed by atoms with Crippen molar-refractivity contribution in [2.45, 2.75) is 29.0 Å². The van der Waals surface area contributed by atoms with Crippen LogP contribution in [0.5, 0.6) is 0 Å². The number of hydrogen-bond donors (Lipinski definition) is 2. The van der Waals surface area contributed by atoms with Crippen molar-refractivity contribution in [1.82, 2.24) is 10.1 Å². The van der Waals surface area contributed by atoms with Crippen LogP contribution in [0.25, 0.3) is 11.3 Å². The molecule has 2 aromatic heterocycles. The topological polar surface area (TPSA) is 138 Å². The Morgan fingerprint density at radius 2 is 1.81 bits per heavy atom. The fourth-order valence-electron chi connectivity index (χ4n) is 3.18. The summed E-state index contributed by atoms with van der Waals surface area (Å²) in [6.45, 7) is 3.36. The molecule has 1 unspecified atom stereocenters. The van der Waals surface area contributed by atoms with Crippen molar-refractivity contribution in [3.05, 3.63) is 84.1 Å². The second kappa shape index (κ2) is 10.6. The zero-order valence-corrected chi connectivity index (χ0v) is 20.9. The van der Waals surface area contributed by atoms with Crippen molar-refractivity contribution in [3.8, 4) is 17.3 Å². The third kappa shape index (κ3) is 5.91. The van der Waals surface area contributed by atoms with Crippen molar-refractivity contribution in [2.24, 2.45) is 0 Å². The van der Waals surface area contributed by atoms with E-state index in [1.165, 1.54) is 42.1 Å². The summed E-state index contributed by atoms with van der Waals surface area (Å²) in [5, 5.41) is 15.8. The van der Waals surface area contributed by atoms with E-state index >= 15 is 0 Å². The first-order valence-electron chi connectivity index (χ1n) is 10.8. The fraction of sp³-hybridized carbons (Fsp3) is 0.120. The molecule has 4 aromatic rings. The molecule has 0 radical (unpaired) electrons. The number of thioether (sulfide) groups is 1. The first-order chi connectivity index (χ1) is 17.2. The maximum absolute atomic E-state index is 12.8. The van der Waals surface area contributed by atoms with Crippen LogP contribution in [0.15, 0.2) is 87.2 Å². The van der Waals surface area contributed by atoms with Gasteiger partial charge in [0, 0.05) is 17.3 Å². The second-order valence-corrected chi connectivity index (χ2v) is 10.7. The summed E-state index contributed by atoms with van der Waals surface area (Å²) >= 11 is 1.17. The molecule has 2 N–H and O–H groups in total. The van der Waals surface area contributed by atoms with Gasteiger partial charge in [-0.25, -0.2) is 13.4 Å². The number of benzene rings is 2. The third-order valence-electron chi connectivity index (χ3n) is 5.01. The lowest BCUT2D eigenvalue weighted by Crippen LogP contribution is -2.22. The molecule has 0 aliphatic carbocycles. The van der Waals surface area contributed by atoms with Gasteiger partial charge in [-0.1, -0.05) is 47.3 Å². The van der Waals surface area contributed by atoms with Gasteiger partial charge >= 0.3 is 0 Å². The SMILES string of the molecule is Cc1cc(NS(=O)(=O)c2ccc(NC(=O)C(C)Sc3nc(-c4ccccc4)ccc3C#N)cc2)no1. The number of nitrogens with zero attached hydrogens (tertiary/aromatic N) is 3. The molecule has 0 saturated heterocycles. The highest BCUT2D eigenvalue weighted by Crippen LogP contribution is 2.29. The lowest BCUT2D eigenvalue weighted by atomic mass is 10.1. The first kappa shape index (κ1) is 25.0. The first-order valence-corrected chi connectivity index (χ1v) is 13.1. The van der Waals surface area contributed by atoms with Crippen LogP contribution in [0.2, 0.25) is 0 Å². The Labute approximate surface area is 212 Å². The van der Waals surface area contributed by atoms with Crippen LogP contribution in [0, 0.1) is 18.3 Å². The predicted molar refractivity (Wildman–Crippen MR) is 137 cm³/mol. The van der Waals surface area contributed by atoms with Gasteiger partial charge in [-0.15, -0.1) is 0 Å². The largest absolute Gasteiger partial charge is 0.360 e. The minimum atomic E-state index is -3.87. The molecule has 0 bridgehead atoms. The molecule has 0 aliphatic rings. The van der Waals surface area contributed by atoms with Crippen LogP contribution < -0.4 is 10.0 Å². The van der Waals surface area contributed by atoms with Crippen LogP contribution >= 0.6 is 11.8 Å². The predicted octanol–water partition coefficient (Wildman–Crippen LogP) is 4.84. The quantitative estimate of drug-likeness (QED) is 0.316. The number of carbonyl (C=O) groups is 1. The van der Waals surface area contributed by atoms with Gasteiger partial charge in [0.05, 0.1) is 21.4 Å². The van der Waals surface area contributed by atoms with Crippen molar-refractivity contribution in [3.63, 3.8) is 0 Å². The molecule has 11 heteroatoms. The lowest BCUT2D eigenvalue weighted by Gasteiger charge is -2.13. The van der Waals surface area contributed by atoms with Gasteiger partial charge in [0.15, 0.2) is 5.82 Å². The molecular formula is C25H21N5O4S2. The second-order valence-electron chi connectivity index (χ2n) is 7.73. The van der Waals surface area contributed by atoms with Gasteiger partial charge in [0.1, 0.15) is 16.9 Å². The van der Waals surface area contributed by atoms with Crippen LogP contribution in [0.3, 0.4) is 0 Å². The molecule has 36 heavy (non-hydrogen) atoms. The van der Waals surface area contributed by atoms with Gasteiger partial charge in [0.2, 0.25) is 5.91 Å². The van der Waals surface area contributed by atoms with Gasteiger partial charge in [0.25, 0.3) is 10.0 Å². The maximum Gasteiger partial charge on any atom is 0.263 e. The molecule has 0 saturated carbocycles. The number of rotatable bonds is 8. The highest BCUT2D eigenvalue weighted by Gasteiger charge is 2.20. The summed E-state index contributed by atoms with van der Waals surface area (Å²) in [5.41, 5.74) is 2.42. The minimum Gasteiger partial charge on any atom is -0.360 e. The van der Waals surface area contributed by atoms with Gasteiger partial charge in [-0.2, -0.15) is 5.26 Å². The number of aromatic nitrogens is 2. The normalized spacial score (nSPS) is 11.9. The Hall–Kier alpha value is -4.14. The third-order valence-corrected chi connectivity index (χ3v) is 7.48. The summed E-state index contributed by atoms with van der Waals surface area (Å²) in [6.07, 6.45) is 0. The van der Waals surface area contributed by atoms with Crippen LogP contribution in [-0.4, -0.2) is 29.7 Å². The Kier molecular flexibility index (Phi) is 7.38. The van der Waals surface area contributed by atoms with E-state index in [1.54, 1.807) is 26.0 Å². The van der Waals surface area contributed by atoms with E-state index in [-0.39, 0.29) is 16.6 Å². The number of nitriles is 1. The Bertz CT molecular complexity index is 1530.